The molecule has 0 radical (unpaired) electrons. The molecule has 0 spiro atoms. The molecule has 0 aliphatic heterocycles. The Morgan fingerprint density at radius 3 is 2.59 bits per heavy atom. The first-order valence-electron chi connectivity index (χ1n) is 9.63. The van der Waals surface area contributed by atoms with Crippen molar-refractivity contribution in [2.45, 2.75) is 6.54 Å². The second-order valence-electron chi connectivity index (χ2n) is 7.05. The second kappa shape index (κ2) is 7.73. The van der Waals surface area contributed by atoms with E-state index in [-0.39, 0.29) is 5.69 Å². The number of nitrogens with two attached hydrogens (primary N) is 1. The average Bonchev–Trinajstić information content (AvgIpc) is 3.40. The Balaban J connectivity index is 1.60. The maximum absolute atomic E-state index is 14.1. The van der Waals surface area contributed by atoms with Crippen molar-refractivity contribution in [3.05, 3.63) is 78.6 Å². The van der Waals surface area contributed by atoms with Gasteiger partial charge in [0, 0.05) is 35.3 Å². The topological polar surface area (TPSA) is 96.7 Å². The average molecular weight is 433 g/mol. The number of methoxy groups -OCH3 is 1. The van der Waals surface area contributed by atoms with E-state index in [1.54, 1.807) is 31.8 Å². The molecule has 0 aliphatic rings. The van der Waals surface area contributed by atoms with Gasteiger partial charge in [-0.1, -0.05) is 6.07 Å². The minimum absolute atomic E-state index is 0.233. The Labute approximate surface area is 180 Å². The summed E-state index contributed by atoms with van der Waals surface area (Å²) in [6, 6.07) is 7.35. The van der Waals surface area contributed by atoms with Gasteiger partial charge in [0.25, 0.3) is 0 Å². The molecule has 0 unspecified atom stereocenters. The molecule has 0 atom stereocenters. The van der Waals surface area contributed by atoms with E-state index in [1.807, 2.05) is 16.8 Å². The van der Waals surface area contributed by atoms with Gasteiger partial charge < -0.3 is 15.0 Å². The second-order valence-corrected chi connectivity index (χ2v) is 7.05. The van der Waals surface area contributed by atoms with Gasteiger partial charge in [-0.2, -0.15) is 5.10 Å². The van der Waals surface area contributed by atoms with E-state index in [0.29, 0.717) is 34.8 Å². The van der Waals surface area contributed by atoms with Crippen LogP contribution in [0.1, 0.15) is 5.56 Å². The van der Waals surface area contributed by atoms with Crippen LogP contribution in [0, 0.1) is 11.6 Å². The van der Waals surface area contributed by atoms with Crippen LogP contribution in [-0.2, 0) is 6.54 Å². The van der Waals surface area contributed by atoms with Crippen molar-refractivity contribution in [3.8, 4) is 22.7 Å². The SMILES string of the molecule is COc1ncccc1-c1cn(Cc2cnn(-c3c(F)cccc3F)c2)c2ncnc(N)c12. The third-order valence-electron chi connectivity index (χ3n) is 5.09. The number of pyridine rings is 1. The van der Waals surface area contributed by atoms with Crippen molar-refractivity contribution in [2.75, 3.05) is 12.8 Å². The van der Waals surface area contributed by atoms with Crippen molar-refractivity contribution in [1.82, 2.24) is 29.3 Å². The zero-order valence-electron chi connectivity index (χ0n) is 16.9. The summed E-state index contributed by atoms with van der Waals surface area (Å²) in [4.78, 5) is 12.8. The van der Waals surface area contributed by atoms with Gasteiger partial charge in [0.15, 0.2) is 11.6 Å². The summed E-state index contributed by atoms with van der Waals surface area (Å²) in [6.45, 7) is 0.339. The third-order valence-corrected chi connectivity index (χ3v) is 5.09. The molecular formula is C22H17F2N7O. The molecule has 2 N–H and O–H groups in total. The highest BCUT2D eigenvalue weighted by molar-refractivity contribution is 6.01. The molecule has 32 heavy (non-hydrogen) atoms. The van der Waals surface area contributed by atoms with Gasteiger partial charge in [0.05, 0.1) is 25.2 Å². The summed E-state index contributed by atoms with van der Waals surface area (Å²) >= 11 is 0. The standard InChI is InChI=1S/C22H17F2N7O/c1-32-22-14(4-3-7-26-22)15-11-30(21-18(15)20(25)27-12-28-21)9-13-8-29-31(10-13)19-16(23)5-2-6-17(19)24/h2-8,10-12H,9H2,1H3,(H2,25,27,28). The fourth-order valence-electron chi connectivity index (χ4n) is 3.70. The molecule has 4 heterocycles. The first-order chi connectivity index (χ1) is 15.6. The van der Waals surface area contributed by atoms with Crippen LogP contribution in [-0.4, -0.2) is 36.4 Å². The molecule has 5 aromatic rings. The lowest BCUT2D eigenvalue weighted by molar-refractivity contribution is 0.400. The summed E-state index contributed by atoms with van der Waals surface area (Å²) in [5.41, 5.74) is 8.76. The van der Waals surface area contributed by atoms with Gasteiger partial charge in [0.2, 0.25) is 5.88 Å². The van der Waals surface area contributed by atoms with Crippen molar-refractivity contribution >= 4 is 16.9 Å². The van der Waals surface area contributed by atoms with E-state index in [1.165, 1.54) is 29.2 Å². The zero-order valence-corrected chi connectivity index (χ0v) is 16.9. The normalized spacial score (nSPS) is 11.2. The minimum atomic E-state index is -0.697. The van der Waals surface area contributed by atoms with Crippen molar-refractivity contribution in [2.24, 2.45) is 0 Å². The first-order valence-corrected chi connectivity index (χ1v) is 9.63. The lowest BCUT2D eigenvalue weighted by atomic mass is 10.1. The maximum atomic E-state index is 14.1. The molecule has 0 fully saturated rings. The number of aromatic nitrogens is 6. The number of para-hydroxylation sites is 1. The van der Waals surface area contributed by atoms with E-state index >= 15 is 0 Å². The Bertz CT molecular complexity index is 1420. The molecule has 0 bridgehead atoms. The van der Waals surface area contributed by atoms with E-state index < -0.39 is 11.6 Å². The highest BCUT2D eigenvalue weighted by Crippen LogP contribution is 2.36. The maximum Gasteiger partial charge on any atom is 0.221 e. The molecule has 0 saturated heterocycles. The Morgan fingerprint density at radius 1 is 1.00 bits per heavy atom. The molecule has 0 aliphatic carbocycles. The molecule has 10 heteroatoms. The number of benzene rings is 1. The van der Waals surface area contributed by atoms with Crippen LogP contribution in [0.5, 0.6) is 5.88 Å². The predicted molar refractivity (Wildman–Crippen MR) is 114 cm³/mol. The number of hydrogen-bond acceptors (Lipinski definition) is 6. The highest BCUT2D eigenvalue weighted by Gasteiger charge is 2.19. The molecule has 5 rings (SSSR count). The van der Waals surface area contributed by atoms with Crippen LogP contribution in [0.25, 0.3) is 27.8 Å². The molecule has 0 saturated carbocycles. The van der Waals surface area contributed by atoms with Gasteiger partial charge in [-0.3, -0.25) is 0 Å². The predicted octanol–water partition coefficient (Wildman–Crippen LogP) is 3.60. The van der Waals surface area contributed by atoms with Crippen LogP contribution >= 0.6 is 0 Å². The fraction of sp³-hybridized carbons (Fsp3) is 0.0909. The number of hydrogen-bond donors (Lipinski definition) is 1. The van der Waals surface area contributed by atoms with E-state index in [4.69, 9.17) is 10.5 Å². The Hall–Kier alpha value is -4.34. The lowest BCUT2D eigenvalue weighted by Gasteiger charge is -2.06. The summed E-state index contributed by atoms with van der Waals surface area (Å²) in [5, 5.41) is 4.79. The molecule has 160 valence electrons. The van der Waals surface area contributed by atoms with Gasteiger partial charge in [-0.15, -0.1) is 0 Å². The largest absolute Gasteiger partial charge is 0.481 e. The zero-order chi connectivity index (χ0) is 22.2. The fourth-order valence-corrected chi connectivity index (χ4v) is 3.70. The molecule has 8 nitrogen and oxygen atoms in total. The lowest BCUT2D eigenvalue weighted by Crippen LogP contribution is -2.02. The third kappa shape index (κ3) is 3.22. The van der Waals surface area contributed by atoms with E-state index in [2.05, 4.69) is 20.1 Å². The van der Waals surface area contributed by atoms with Crippen molar-refractivity contribution in [3.63, 3.8) is 0 Å². The van der Waals surface area contributed by atoms with Gasteiger partial charge in [-0.25, -0.2) is 28.4 Å². The highest BCUT2D eigenvalue weighted by atomic mass is 19.1. The van der Waals surface area contributed by atoms with Crippen molar-refractivity contribution < 1.29 is 13.5 Å². The summed E-state index contributed by atoms with van der Waals surface area (Å²) in [5.74, 6) is -0.633. The van der Waals surface area contributed by atoms with Crippen LogP contribution < -0.4 is 10.5 Å². The monoisotopic (exact) mass is 433 g/mol. The molecule has 4 aromatic heterocycles. The van der Waals surface area contributed by atoms with Crippen LogP contribution in [0.3, 0.4) is 0 Å². The minimum Gasteiger partial charge on any atom is -0.481 e. The summed E-state index contributed by atoms with van der Waals surface area (Å²) < 4.78 is 36.7. The number of ether oxygens (including phenoxy) is 1. The number of nitrogen functional groups attached to an aromatic ring is 1. The van der Waals surface area contributed by atoms with E-state index in [0.717, 1.165) is 11.1 Å². The number of rotatable bonds is 5. The smallest absolute Gasteiger partial charge is 0.221 e. The molecule has 0 amide bonds. The summed E-state index contributed by atoms with van der Waals surface area (Å²) in [6.07, 6.45) is 8.01. The van der Waals surface area contributed by atoms with Crippen LogP contribution in [0.15, 0.2) is 61.4 Å². The van der Waals surface area contributed by atoms with E-state index in [9.17, 15) is 8.78 Å². The number of fused-ring (bicyclic) bond motifs is 1. The number of nitrogens with zero attached hydrogens (tertiary/aromatic N) is 6. The van der Waals surface area contributed by atoms with Crippen LogP contribution in [0.4, 0.5) is 14.6 Å². The quantitative estimate of drug-likeness (QED) is 0.455. The number of halogens is 2. The van der Waals surface area contributed by atoms with Crippen molar-refractivity contribution in [1.29, 1.82) is 0 Å². The molecule has 1 aromatic carbocycles. The first kappa shape index (κ1) is 19.6. The van der Waals surface area contributed by atoms with Crippen LogP contribution in [0.2, 0.25) is 0 Å². The Kier molecular flexibility index (Phi) is 4.74. The molecular weight excluding hydrogens is 416 g/mol. The summed E-state index contributed by atoms with van der Waals surface area (Å²) in [7, 11) is 1.54. The van der Waals surface area contributed by atoms with Gasteiger partial charge >= 0.3 is 0 Å². The van der Waals surface area contributed by atoms with Gasteiger partial charge in [-0.05, 0) is 24.3 Å². The van der Waals surface area contributed by atoms with Gasteiger partial charge in [0.1, 0.15) is 23.5 Å². The number of anilines is 1. The Morgan fingerprint density at radius 2 is 1.81 bits per heavy atom.